The number of nitrogens with one attached hydrogen (secondary N) is 1. The number of hydrogen-bond acceptors (Lipinski definition) is 5. The van der Waals surface area contributed by atoms with E-state index in [-0.39, 0.29) is 0 Å². The molecule has 1 aliphatic heterocycles. The van der Waals surface area contributed by atoms with Crippen LogP contribution < -0.4 is 10.2 Å². The molecule has 1 fully saturated rings. The fourth-order valence-corrected chi connectivity index (χ4v) is 5.06. The number of nitrogens with zero attached hydrogens (tertiary/aromatic N) is 3. The molecule has 0 atom stereocenters. The average molecular weight is 418 g/mol. The molecule has 6 nitrogen and oxygen atoms in total. The van der Waals surface area contributed by atoms with Gasteiger partial charge < -0.3 is 10.2 Å². The van der Waals surface area contributed by atoms with Crippen molar-refractivity contribution in [1.29, 1.82) is 0 Å². The Kier molecular flexibility index (Phi) is 4.87. The molecule has 0 saturated carbocycles. The van der Waals surface area contributed by atoms with Gasteiger partial charge >= 0.3 is 0 Å². The van der Waals surface area contributed by atoms with E-state index in [1.165, 1.54) is 24.5 Å². The third kappa shape index (κ3) is 3.30. The Morgan fingerprint density at radius 2 is 1.83 bits per heavy atom. The number of alkyl halides is 2. The molecule has 9 heteroatoms. The quantitative estimate of drug-likeness (QED) is 0.646. The van der Waals surface area contributed by atoms with E-state index in [0.29, 0.717) is 17.1 Å². The molecule has 29 heavy (non-hydrogen) atoms. The number of halogens is 2. The summed E-state index contributed by atoms with van der Waals surface area (Å²) in [6.07, 6.45) is 1.62. The molecule has 0 unspecified atom stereocenters. The number of rotatable bonds is 5. The zero-order valence-electron chi connectivity index (χ0n) is 15.6. The Hall–Kier alpha value is -2.78. The maximum Gasteiger partial charge on any atom is 0.292 e. The first-order valence-electron chi connectivity index (χ1n) is 9.14. The van der Waals surface area contributed by atoms with Crippen molar-refractivity contribution in [1.82, 2.24) is 14.3 Å². The molecule has 3 aromatic rings. The van der Waals surface area contributed by atoms with Crippen LogP contribution in [0, 0.1) is 0 Å². The number of benzene rings is 2. The number of para-hydroxylation sites is 1. The maximum atomic E-state index is 14.3. The van der Waals surface area contributed by atoms with Gasteiger partial charge in [-0.15, -0.1) is 0 Å². The molecule has 152 valence electrons. The van der Waals surface area contributed by atoms with E-state index in [0.717, 1.165) is 41.9 Å². The Bertz CT molecular complexity index is 1170. The standard InChI is InChI=1S/C20H20F2N4O2S/c1-2-20(21,22)15-6-3-4-9-18(15)29(27,28)26-14-24-19-16(7-5-8-17(19)26)25-12-10-23-11-13-25/h2-9,14,23H,1,10-13H2. The molecule has 0 spiro atoms. The lowest BCUT2D eigenvalue weighted by Crippen LogP contribution is -2.43. The van der Waals surface area contributed by atoms with Crippen molar-refractivity contribution in [2.24, 2.45) is 0 Å². The molecule has 2 aromatic carbocycles. The molecule has 1 saturated heterocycles. The first-order chi connectivity index (χ1) is 13.9. The van der Waals surface area contributed by atoms with E-state index in [1.54, 1.807) is 12.1 Å². The smallest absolute Gasteiger partial charge is 0.292 e. The molecular formula is C20H20F2N4O2S. The Balaban J connectivity index is 1.87. The lowest BCUT2D eigenvalue weighted by atomic mass is 10.1. The van der Waals surface area contributed by atoms with Gasteiger partial charge in [-0.25, -0.2) is 17.4 Å². The van der Waals surface area contributed by atoms with Crippen molar-refractivity contribution < 1.29 is 17.2 Å². The highest BCUT2D eigenvalue weighted by molar-refractivity contribution is 7.90. The number of anilines is 1. The van der Waals surface area contributed by atoms with Crippen LogP contribution >= 0.6 is 0 Å². The van der Waals surface area contributed by atoms with Crippen LogP contribution in [-0.2, 0) is 15.9 Å². The second-order valence-electron chi connectivity index (χ2n) is 6.75. The first kappa shape index (κ1) is 19.5. The topological polar surface area (TPSA) is 67.2 Å². The second-order valence-corrected chi connectivity index (χ2v) is 8.53. The second kappa shape index (κ2) is 7.23. The summed E-state index contributed by atoms with van der Waals surface area (Å²) in [4.78, 5) is 5.96. The van der Waals surface area contributed by atoms with Crippen LogP contribution in [0.5, 0.6) is 0 Å². The van der Waals surface area contributed by atoms with Crippen LogP contribution in [0.2, 0.25) is 0 Å². The summed E-state index contributed by atoms with van der Waals surface area (Å²) in [6, 6.07) is 10.3. The average Bonchev–Trinajstić information content (AvgIpc) is 3.19. The van der Waals surface area contributed by atoms with Crippen LogP contribution in [0.25, 0.3) is 11.0 Å². The molecule has 2 heterocycles. The highest BCUT2D eigenvalue weighted by Gasteiger charge is 2.35. The molecular weight excluding hydrogens is 398 g/mol. The summed E-state index contributed by atoms with van der Waals surface area (Å²) in [5.74, 6) is -3.48. The zero-order valence-corrected chi connectivity index (χ0v) is 16.4. The lowest BCUT2D eigenvalue weighted by molar-refractivity contribution is 0.0493. The zero-order chi connectivity index (χ0) is 20.6. The minimum atomic E-state index is -4.30. The predicted octanol–water partition coefficient (Wildman–Crippen LogP) is 2.96. The summed E-state index contributed by atoms with van der Waals surface area (Å²) < 4.78 is 56.2. The van der Waals surface area contributed by atoms with Gasteiger partial charge in [0.25, 0.3) is 15.9 Å². The van der Waals surface area contributed by atoms with E-state index in [2.05, 4.69) is 21.8 Å². The van der Waals surface area contributed by atoms with E-state index in [9.17, 15) is 17.2 Å². The summed E-state index contributed by atoms with van der Waals surface area (Å²) in [5.41, 5.74) is 1.07. The van der Waals surface area contributed by atoms with Gasteiger partial charge in [-0.05, 0) is 24.3 Å². The third-order valence-electron chi connectivity index (χ3n) is 5.02. The van der Waals surface area contributed by atoms with E-state index >= 15 is 0 Å². The molecule has 1 aromatic heterocycles. The molecule has 1 N–H and O–H groups in total. The van der Waals surface area contributed by atoms with E-state index in [4.69, 9.17) is 0 Å². The normalized spacial score (nSPS) is 15.6. The van der Waals surface area contributed by atoms with Gasteiger partial charge in [-0.2, -0.15) is 8.78 Å². The molecule has 1 aliphatic rings. The van der Waals surface area contributed by atoms with Crippen LogP contribution in [0.15, 0.2) is 66.3 Å². The summed E-state index contributed by atoms with van der Waals surface area (Å²) in [5, 5.41) is 3.27. The number of piperazine rings is 1. The Labute approximate surface area is 167 Å². The van der Waals surface area contributed by atoms with E-state index in [1.807, 2.05) is 6.07 Å². The fourth-order valence-electron chi connectivity index (χ4n) is 3.54. The van der Waals surface area contributed by atoms with Crippen LogP contribution in [0.1, 0.15) is 5.56 Å². The lowest BCUT2D eigenvalue weighted by Gasteiger charge is -2.29. The number of hydrogen-bond donors (Lipinski definition) is 1. The number of fused-ring (bicyclic) bond motifs is 1. The highest BCUT2D eigenvalue weighted by Crippen LogP contribution is 2.36. The fraction of sp³-hybridized carbons (Fsp3) is 0.250. The van der Waals surface area contributed by atoms with Crippen molar-refractivity contribution in [3.63, 3.8) is 0 Å². The van der Waals surface area contributed by atoms with Gasteiger partial charge in [0.2, 0.25) is 0 Å². The van der Waals surface area contributed by atoms with Crippen LogP contribution in [-0.4, -0.2) is 43.6 Å². The van der Waals surface area contributed by atoms with Crippen molar-refractivity contribution in [2.75, 3.05) is 31.1 Å². The number of imidazole rings is 1. The van der Waals surface area contributed by atoms with E-state index < -0.39 is 26.4 Å². The summed E-state index contributed by atoms with van der Waals surface area (Å²) in [7, 11) is -4.30. The van der Waals surface area contributed by atoms with Crippen molar-refractivity contribution >= 4 is 26.7 Å². The van der Waals surface area contributed by atoms with Crippen LogP contribution in [0.4, 0.5) is 14.5 Å². The number of allylic oxidation sites excluding steroid dienone is 1. The minimum absolute atomic E-state index is 0.345. The third-order valence-corrected chi connectivity index (χ3v) is 6.74. The molecule has 0 bridgehead atoms. The molecule has 4 rings (SSSR count). The monoisotopic (exact) mass is 418 g/mol. The molecule has 0 aliphatic carbocycles. The molecule has 0 radical (unpaired) electrons. The van der Waals surface area contributed by atoms with Crippen molar-refractivity contribution in [3.8, 4) is 0 Å². The molecule has 0 amide bonds. The van der Waals surface area contributed by atoms with Gasteiger partial charge in [-0.1, -0.05) is 30.8 Å². The van der Waals surface area contributed by atoms with Crippen molar-refractivity contribution in [3.05, 3.63) is 67.0 Å². The van der Waals surface area contributed by atoms with Gasteiger partial charge in [-0.3, -0.25) is 0 Å². The largest absolute Gasteiger partial charge is 0.367 e. The van der Waals surface area contributed by atoms with Gasteiger partial charge in [0.1, 0.15) is 11.8 Å². The highest BCUT2D eigenvalue weighted by atomic mass is 32.2. The summed E-state index contributed by atoms with van der Waals surface area (Å²) >= 11 is 0. The van der Waals surface area contributed by atoms with Gasteiger partial charge in [0.15, 0.2) is 0 Å². The first-order valence-corrected chi connectivity index (χ1v) is 10.6. The van der Waals surface area contributed by atoms with Crippen molar-refractivity contribution in [2.45, 2.75) is 10.8 Å². The van der Waals surface area contributed by atoms with Crippen LogP contribution in [0.3, 0.4) is 0 Å². The maximum absolute atomic E-state index is 14.3. The predicted molar refractivity (Wildman–Crippen MR) is 108 cm³/mol. The Morgan fingerprint density at radius 3 is 2.55 bits per heavy atom. The number of aromatic nitrogens is 2. The van der Waals surface area contributed by atoms with Gasteiger partial charge in [0.05, 0.1) is 16.1 Å². The Morgan fingerprint density at radius 1 is 1.10 bits per heavy atom. The van der Waals surface area contributed by atoms with Gasteiger partial charge in [0, 0.05) is 31.7 Å². The SMILES string of the molecule is C=CC(F)(F)c1ccccc1S(=O)(=O)n1cnc2c(N3CCNCC3)cccc21. The summed E-state index contributed by atoms with van der Waals surface area (Å²) in [6.45, 7) is 6.31. The minimum Gasteiger partial charge on any atom is -0.367 e.